The van der Waals surface area contributed by atoms with E-state index in [0.29, 0.717) is 0 Å². The lowest BCUT2D eigenvalue weighted by molar-refractivity contribution is 0.400. The third-order valence-electron chi connectivity index (χ3n) is 4.92. The quantitative estimate of drug-likeness (QED) is 0.819. The molecule has 1 N–H and O–H groups in total. The van der Waals surface area contributed by atoms with Crippen molar-refractivity contribution in [3.63, 3.8) is 0 Å². The first-order valence-corrected chi connectivity index (χ1v) is 9.65. The van der Waals surface area contributed by atoms with E-state index in [4.69, 9.17) is 0 Å². The molecule has 5 heteroatoms. The van der Waals surface area contributed by atoms with Gasteiger partial charge in [0, 0.05) is 24.8 Å². The SMILES string of the molecule is CCNC1CCCC1CCSc1nnc2n1CCCCC2. The standard InChI is InChI=1S/C16H28N4S/c1-2-17-14-8-6-7-13(14)10-12-21-16-19-18-15-9-4-3-5-11-20(15)16/h13-14,17H,2-12H2,1H3. The first-order chi connectivity index (χ1) is 10.4. The molecule has 118 valence electrons. The van der Waals surface area contributed by atoms with Crippen LogP contribution < -0.4 is 5.32 Å². The van der Waals surface area contributed by atoms with Crippen LogP contribution in [-0.4, -0.2) is 33.1 Å². The van der Waals surface area contributed by atoms with Crippen molar-refractivity contribution in [3.8, 4) is 0 Å². The Morgan fingerprint density at radius 3 is 3.05 bits per heavy atom. The van der Waals surface area contributed by atoms with E-state index in [1.165, 1.54) is 56.5 Å². The van der Waals surface area contributed by atoms with Crippen LogP contribution in [0.25, 0.3) is 0 Å². The number of fused-ring (bicyclic) bond motifs is 1. The minimum atomic E-state index is 0.756. The summed E-state index contributed by atoms with van der Waals surface area (Å²) in [7, 11) is 0. The molecule has 21 heavy (non-hydrogen) atoms. The van der Waals surface area contributed by atoms with Gasteiger partial charge in [0.2, 0.25) is 0 Å². The van der Waals surface area contributed by atoms with E-state index in [9.17, 15) is 0 Å². The molecule has 0 aromatic carbocycles. The highest BCUT2D eigenvalue weighted by molar-refractivity contribution is 7.99. The summed E-state index contributed by atoms with van der Waals surface area (Å²) in [4.78, 5) is 0. The van der Waals surface area contributed by atoms with Crippen LogP contribution in [0.15, 0.2) is 5.16 Å². The number of nitrogens with one attached hydrogen (secondary N) is 1. The summed E-state index contributed by atoms with van der Waals surface area (Å²) in [5, 5.41) is 13.6. The van der Waals surface area contributed by atoms with E-state index in [1.807, 2.05) is 11.8 Å². The van der Waals surface area contributed by atoms with E-state index < -0.39 is 0 Å². The van der Waals surface area contributed by atoms with Crippen molar-refractivity contribution in [2.24, 2.45) is 5.92 Å². The van der Waals surface area contributed by atoms with Crippen molar-refractivity contribution in [2.75, 3.05) is 12.3 Å². The summed E-state index contributed by atoms with van der Waals surface area (Å²) < 4.78 is 2.37. The molecule has 4 nitrogen and oxygen atoms in total. The van der Waals surface area contributed by atoms with Crippen LogP contribution in [0.1, 0.15) is 57.7 Å². The average Bonchev–Trinajstić information content (AvgIpc) is 3.01. The Morgan fingerprint density at radius 2 is 2.14 bits per heavy atom. The largest absolute Gasteiger partial charge is 0.314 e. The number of aryl methyl sites for hydroxylation is 1. The van der Waals surface area contributed by atoms with Crippen LogP contribution in [0.4, 0.5) is 0 Å². The average molecular weight is 308 g/mol. The molecule has 1 saturated carbocycles. The van der Waals surface area contributed by atoms with Crippen LogP contribution >= 0.6 is 11.8 Å². The Morgan fingerprint density at radius 1 is 1.19 bits per heavy atom. The molecule has 1 fully saturated rings. The second-order valence-corrected chi connectivity index (χ2v) is 7.42. The summed E-state index contributed by atoms with van der Waals surface area (Å²) in [6.07, 6.45) is 10.5. The normalized spacial score (nSPS) is 25.8. The van der Waals surface area contributed by atoms with Crippen LogP contribution in [0, 0.1) is 5.92 Å². The number of hydrogen-bond acceptors (Lipinski definition) is 4. The zero-order valence-corrected chi connectivity index (χ0v) is 14.0. The number of aromatic nitrogens is 3. The third-order valence-corrected chi connectivity index (χ3v) is 5.92. The maximum absolute atomic E-state index is 4.42. The summed E-state index contributed by atoms with van der Waals surface area (Å²) in [5.41, 5.74) is 0. The zero-order chi connectivity index (χ0) is 14.5. The number of hydrogen-bond donors (Lipinski definition) is 1. The third kappa shape index (κ3) is 3.81. The summed E-state index contributed by atoms with van der Waals surface area (Å²) >= 11 is 1.92. The Balaban J connectivity index is 1.50. The first kappa shape index (κ1) is 15.3. The molecule has 0 bridgehead atoms. The Labute approximate surface area is 132 Å². The topological polar surface area (TPSA) is 42.7 Å². The van der Waals surface area contributed by atoms with Crippen molar-refractivity contribution < 1.29 is 0 Å². The minimum Gasteiger partial charge on any atom is -0.314 e. The lowest BCUT2D eigenvalue weighted by atomic mass is 10.0. The smallest absolute Gasteiger partial charge is 0.191 e. The maximum atomic E-state index is 4.42. The molecule has 1 aromatic rings. The molecule has 1 aliphatic carbocycles. The second kappa shape index (κ2) is 7.63. The van der Waals surface area contributed by atoms with E-state index in [-0.39, 0.29) is 0 Å². The van der Waals surface area contributed by atoms with Gasteiger partial charge < -0.3 is 9.88 Å². The fourth-order valence-corrected chi connectivity index (χ4v) is 4.83. The van der Waals surface area contributed by atoms with Crippen molar-refractivity contribution in [1.82, 2.24) is 20.1 Å². The van der Waals surface area contributed by atoms with E-state index in [2.05, 4.69) is 27.0 Å². The molecule has 1 aliphatic heterocycles. The minimum absolute atomic E-state index is 0.756. The van der Waals surface area contributed by atoms with Gasteiger partial charge in [-0.05, 0) is 44.6 Å². The number of nitrogens with zero attached hydrogens (tertiary/aromatic N) is 3. The van der Waals surface area contributed by atoms with Crippen molar-refractivity contribution in [3.05, 3.63) is 5.82 Å². The zero-order valence-electron chi connectivity index (χ0n) is 13.2. The lowest BCUT2D eigenvalue weighted by Gasteiger charge is -2.19. The Bertz CT molecular complexity index is 445. The number of thioether (sulfide) groups is 1. The van der Waals surface area contributed by atoms with Crippen molar-refractivity contribution >= 4 is 11.8 Å². The molecule has 3 rings (SSSR count). The van der Waals surface area contributed by atoms with Gasteiger partial charge in [0.05, 0.1) is 0 Å². The van der Waals surface area contributed by atoms with Crippen LogP contribution in [0.3, 0.4) is 0 Å². The maximum Gasteiger partial charge on any atom is 0.191 e. The van der Waals surface area contributed by atoms with Gasteiger partial charge in [0.1, 0.15) is 5.82 Å². The Kier molecular flexibility index (Phi) is 5.58. The van der Waals surface area contributed by atoms with Crippen molar-refractivity contribution in [1.29, 1.82) is 0 Å². The van der Waals surface area contributed by atoms with Crippen LogP contribution in [-0.2, 0) is 13.0 Å². The fourth-order valence-electron chi connectivity index (χ4n) is 3.78. The molecule has 2 aliphatic rings. The fraction of sp³-hybridized carbons (Fsp3) is 0.875. The van der Waals surface area contributed by atoms with Gasteiger partial charge in [-0.25, -0.2) is 0 Å². The van der Waals surface area contributed by atoms with Gasteiger partial charge in [-0.15, -0.1) is 10.2 Å². The second-order valence-electron chi connectivity index (χ2n) is 6.35. The van der Waals surface area contributed by atoms with E-state index in [0.717, 1.165) is 36.6 Å². The van der Waals surface area contributed by atoms with Crippen molar-refractivity contribution in [2.45, 2.75) is 76.0 Å². The lowest BCUT2D eigenvalue weighted by Crippen LogP contribution is -2.32. The Hall–Kier alpha value is -0.550. The molecular weight excluding hydrogens is 280 g/mol. The summed E-state index contributed by atoms with van der Waals surface area (Å²) in [6.45, 7) is 4.44. The van der Waals surface area contributed by atoms with Crippen LogP contribution in [0.2, 0.25) is 0 Å². The number of rotatable bonds is 6. The first-order valence-electron chi connectivity index (χ1n) is 8.66. The predicted octanol–water partition coefficient (Wildman–Crippen LogP) is 3.26. The van der Waals surface area contributed by atoms with Crippen LogP contribution in [0.5, 0.6) is 0 Å². The van der Waals surface area contributed by atoms with Gasteiger partial charge in [-0.3, -0.25) is 0 Å². The molecule has 2 heterocycles. The molecule has 0 radical (unpaired) electrons. The molecule has 1 aromatic heterocycles. The van der Waals surface area contributed by atoms with Gasteiger partial charge in [0.25, 0.3) is 0 Å². The highest BCUT2D eigenvalue weighted by atomic mass is 32.2. The molecule has 0 amide bonds. The van der Waals surface area contributed by atoms with E-state index >= 15 is 0 Å². The molecular formula is C16H28N4S. The van der Waals surface area contributed by atoms with E-state index in [1.54, 1.807) is 0 Å². The van der Waals surface area contributed by atoms with Gasteiger partial charge in [-0.1, -0.05) is 31.5 Å². The summed E-state index contributed by atoms with van der Waals surface area (Å²) in [6, 6.07) is 0.756. The van der Waals surface area contributed by atoms with Gasteiger partial charge in [0.15, 0.2) is 5.16 Å². The molecule has 2 unspecified atom stereocenters. The van der Waals surface area contributed by atoms with Gasteiger partial charge in [-0.2, -0.15) is 0 Å². The molecule has 0 spiro atoms. The molecule has 2 atom stereocenters. The predicted molar refractivity (Wildman–Crippen MR) is 87.7 cm³/mol. The monoisotopic (exact) mass is 308 g/mol. The highest BCUT2D eigenvalue weighted by Crippen LogP contribution is 2.31. The van der Waals surface area contributed by atoms with Gasteiger partial charge >= 0.3 is 0 Å². The molecule has 0 saturated heterocycles. The highest BCUT2D eigenvalue weighted by Gasteiger charge is 2.26. The summed E-state index contributed by atoms with van der Waals surface area (Å²) in [5.74, 6) is 3.26.